The molecule has 0 bridgehead atoms. The third-order valence-corrected chi connectivity index (χ3v) is 30.1. The van der Waals surface area contributed by atoms with E-state index in [1.54, 1.807) is 19.1 Å². The van der Waals surface area contributed by atoms with Crippen molar-refractivity contribution in [2.75, 3.05) is 120 Å². The molecule has 0 aromatic heterocycles. The summed E-state index contributed by atoms with van der Waals surface area (Å²) in [6.07, 6.45) is 15.4. The molecule has 19 atom stereocenters. The normalized spacial score (nSPS) is 23.4. The second kappa shape index (κ2) is 67.9. The first-order valence-electron chi connectivity index (χ1n) is 54.2. The summed E-state index contributed by atoms with van der Waals surface area (Å²) in [7, 11) is 3.26. The van der Waals surface area contributed by atoms with Crippen LogP contribution in [0, 0.1) is 64.6 Å². The average molecular weight is 2020 g/mol. The van der Waals surface area contributed by atoms with E-state index in [2.05, 4.69) is 72.9 Å². The van der Waals surface area contributed by atoms with Crippen molar-refractivity contribution in [3.8, 4) is 11.5 Å². The Kier molecular flexibility index (Phi) is 57.9. The van der Waals surface area contributed by atoms with Gasteiger partial charge in [-0.15, -0.1) is 0 Å². The van der Waals surface area contributed by atoms with Crippen LogP contribution < -0.4 is 20.1 Å². The van der Waals surface area contributed by atoms with Gasteiger partial charge in [0.15, 0.2) is 18.9 Å². The van der Waals surface area contributed by atoms with Crippen LogP contribution in [-0.2, 0) is 120 Å². The molecule has 7 rings (SSSR count). The van der Waals surface area contributed by atoms with E-state index >= 15 is 0 Å². The number of carbonyl (C=O) groups excluding carboxylic acids is 11. The highest BCUT2D eigenvalue weighted by Gasteiger charge is 2.46. The number of rotatable bonds is 76. The van der Waals surface area contributed by atoms with Crippen molar-refractivity contribution in [1.82, 2.24) is 15.5 Å². The molecule has 3 amide bonds. The topological polar surface area (TPSA) is 374 Å². The number of hydrogen-bond donors (Lipinski definition) is 3. The Morgan fingerprint density at radius 2 is 0.750 bits per heavy atom. The fourth-order valence-corrected chi connectivity index (χ4v) is 19.8. The second-order valence-electron chi connectivity index (χ2n) is 41.6. The predicted molar refractivity (Wildman–Crippen MR) is 548 cm³/mol. The fraction of sp³-hybridized carbons (Fsp3) is 0.746. The van der Waals surface area contributed by atoms with E-state index in [1.807, 2.05) is 85.8 Å². The van der Waals surface area contributed by atoms with Gasteiger partial charge in [0.2, 0.25) is 17.7 Å². The second-order valence-corrected chi connectivity index (χ2v) is 41.6. The zero-order valence-electron chi connectivity index (χ0n) is 89.8. The van der Waals surface area contributed by atoms with Crippen molar-refractivity contribution >= 4 is 64.5 Å². The van der Waals surface area contributed by atoms with E-state index < -0.39 is 36.0 Å². The Hall–Kier alpha value is -8.01. The molecule has 4 aliphatic rings. The molecular formula is C114H179N3O27. The molecule has 0 saturated carbocycles. The number of esters is 3. The van der Waals surface area contributed by atoms with Gasteiger partial charge in [0.25, 0.3) is 0 Å². The Morgan fingerprint density at radius 3 is 1.18 bits per heavy atom. The van der Waals surface area contributed by atoms with Gasteiger partial charge in [0.05, 0.1) is 97.5 Å². The summed E-state index contributed by atoms with van der Waals surface area (Å²) in [5, 5.41) is 17.0. The Morgan fingerprint density at radius 1 is 0.389 bits per heavy atom. The van der Waals surface area contributed by atoms with E-state index in [-0.39, 0.29) is 247 Å². The smallest absolute Gasteiger partial charge is 0.302 e. The van der Waals surface area contributed by atoms with Gasteiger partial charge in [-0.05, 0) is 166 Å². The fourth-order valence-electron chi connectivity index (χ4n) is 19.8. The third kappa shape index (κ3) is 44.4. The van der Waals surface area contributed by atoms with Crippen LogP contribution in [0.15, 0.2) is 78.9 Å². The first-order valence-corrected chi connectivity index (χ1v) is 54.2. The number of carbonyl (C=O) groups is 11. The third-order valence-electron chi connectivity index (χ3n) is 30.1. The number of unbranched alkanes of at least 4 members (excludes halogenated alkanes) is 13. The molecule has 0 aliphatic carbocycles. The number of aliphatic hydroxyl groups is 1. The summed E-state index contributed by atoms with van der Waals surface area (Å²) in [4.78, 5) is 145. The number of Topliss-reactive ketones (excluding diaryl/α,β-unsaturated/α-hetero) is 5. The molecule has 4 saturated heterocycles. The molecule has 30 heteroatoms. The van der Waals surface area contributed by atoms with Crippen LogP contribution >= 0.6 is 0 Å². The maximum absolute atomic E-state index is 14.5. The summed E-state index contributed by atoms with van der Waals surface area (Å²) < 4.78 is 90.5. The van der Waals surface area contributed by atoms with Gasteiger partial charge in [0.1, 0.15) is 65.8 Å². The van der Waals surface area contributed by atoms with Gasteiger partial charge in [-0.3, -0.25) is 52.7 Å². The highest BCUT2D eigenvalue weighted by molar-refractivity contribution is 5.81. The van der Waals surface area contributed by atoms with Crippen molar-refractivity contribution in [3.63, 3.8) is 0 Å². The highest BCUT2D eigenvalue weighted by atomic mass is 16.7. The molecule has 3 aromatic rings. The lowest BCUT2D eigenvalue weighted by atomic mass is 9.79. The van der Waals surface area contributed by atoms with Gasteiger partial charge in [-0.2, -0.15) is 0 Å². The van der Waals surface area contributed by atoms with E-state index in [0.717, 1.165) is 55.2 Å². The standard InChI is InChI=1S/C114H179N3O27/c1-79(56-67-137-112-88(10)82(4)85(7)106(144-112)75-140-91(13)120)68-99(124)44-31-24-30-42-98(123)58-65-133-77-113(76-132-64-57-97(122)41-29-23-28-40-96(121)43-33-35-62-135-110-86(8)80(2)83(5)104(142-110)73-138-89(11)118,78-134-66-59-108(128)116-61-37-60-115-107(127)46-34-36-63-136-111-87(9)81(3)84(6)105(143-111)74-139-90(12)119)70-100(125)45-27-20-18-16-17-19-21-32-47-109(129)117-71-101(126)69-95(117)72-141-114(92-38-25-22-26-39-92,93-48-52-102(130-14)53-49-93)94-50-54-103(131-15)55-51-94/h22,25-26,38-39,48-55,79-88,95,101,104-106,110-112,126H,16-21,23-24,27-37,40-47,56-78H2,1-15H3,(H,115,127)(H,116,128)/t79?,80?,81?,82?,83?,84?,85?,86?,87?,88?,95-,101+,104?,105?,106?,110?,111?,112?,113?/m0/s1. The molecule has 144 heavy (non-hydrogen) atoms. The largest absolute Gasteiger partial charge is 0.497 e. The van der Waals surface area contributed by atoms with Crippen LogP contribution in [-0.4, -0.2) is 244 Å². The Labute approximate surface area is 859 Å². The maximum Gasteiger partial charge on any atom is 0.302 e. The van der Waals surface area contributed by atoms with Crippen molar-refractivity contribution in [2.24, 2.45) is 64.6 Å². The minimum atomic E-state index is -1.09. The number of benzene rings is 3. The predicted octanol–water partition coefficient (Wildman–Crippen LogP) is 18.2. The number of hydrogen-bond acceptors (Lipinski definition) is 27. The van der Waals surface area contributed by atoms with Crippen LogP contribution in [0.2, 0.25) is 0 Å². The lowest BCUT2D eigenvalue weighted by molar-refractivity contribution is -0.256. The quantitative estimate of drug-likeness (QED) is 0.0204. The van der Waals surface area contributed by atoms with Crippen LogP contribution in [0.3, 0.4) is 0 Å². The molecule has 3 N–H and O–H groups in total. The minimum Gasteiger partial charge on any atom is -0.497 e. The number of aliphatic hydroxyl groups excluding tert-OH is 1. The average Bonchev–Trinajstić information content (AvgIpc) is 0.961. The van der Waals surface area contributed by atoms with Crippen molar-refractivity contribution in [1.29, 1.82) is 0 Å². The molecule has 17 unspecified atom stereocenters. The van der Waals surface area contributed by atoms with Gasteiger partial charge >= 0.3 is 17.9 Å². The van der Waals surface area contributed by atoms with E-state index in [4.69, 9.17) is 71.1 Å². The molecule has 4 fully saturated rings. The van der Waals surface area contributed by atoms with Crippen LogP contribution in [0.5, 0.6) is 11.5 Å². The molecule has 0 spiro atoms. The summed E-state index contributed by atoms with van der Waals surface area (Å²) in [5.41, 5.74) is 0.463. The first-order chi connectivity index (χ1) is 69.2. The van der Waals surface area contributed by atoms with Crippen LogP contribution in [0.25, 0.3) is 0 Å². The van der Waals surface area contributed by atoms with Crippen LogP contribution in [0.4, 0.5) is 0 Å². The van der Waals surface area contributed by atoms with E-state index in [9.17, 15) is 57.8 Å². The molecule has 4 heterocycles. The maximum atomic E-state index is 14.5. The number of methoxy groups -OCH3 is 2. The SMILES string of the molecule is COc1ccc(C(OC[C@@H]2C[C@@H](O)CN2C(=O)CCCCCCCCCCC(=O)CC(COCCC(=O)CCCCCC(=O)CCCCOC2OC(COC(C)=O)C(C)C(C)C2C)(COCCC(=O)CCCCCC(=O)CC(C)CCOC2OC(COC(C)=O)C(C)C(C)C2C)COCCC(=O)NCCCNC(=O)CCCCOC2OC(COC(C)=O)C(C)C(C)C2C)(c2ccccc2)c2ccc(OC)cc2)cc1. The number of ketones is 5. The molecule has 30 nitrogen and oxygen atoms in total. The van der Waals surface area contributed by atoms with Gasteiger partial charge in [-0.25, -0.2) is 0 Å². The van der Waals surface area contributed by atoms with Crippen LogP contribution in [0.1, 0.15) is 325 Å². The summed E-state index contributed by atoms with van der Waals surface area (Å²) >= 11 is 0. The number of likely N-dealkylation sites (tertiary alicyclic amines) is 1. The zero-order valence-corrected chi connectivity index (χ0v) is 89.8. The molecule has 3 aromatic carbocycles. The summed E-state index contributed by atoms with van der Waals surface area (Å²) in [5.74, 6) is 2.16. The number of nitrogens with zero attached hydrogens (tertiary/aromatic N) is 1. The lowest BCUT2D eigenvalue weighted by Crippen LogP contribution is -2.48. The number of nitrogens with one attached hydrogen (secondary N) is 2. The number of ether oxygens (including phenoxy) is 15. The van der Waals surface area contributed by atoms with Crippen molar-refractivity contribution in [2.45, 2.75) is 363 Å². The Balaban J connectivity index is 0.905. The zero-order chi connectivity index (χ0) is 105. The van der Waals surface area contributed by atoms with E-state index in [1.165, 1.54) is 20.8 Å². The van der Waals surface area contributed by atoms with Crippen molar-refractivity contribution in [3.05, 3.63) is 95.6 Å². The number of β-amino-alcohol motifs (C(OH)–C–C–N with tert-alkyl or cyclic N) is 1. The monoisotopic (exact) mass is 2020 g/mol. The van der Waals surface area contributed by atoms with Gasteiger partial charge in [-0.1, -0.05) is 175 Å². The van der Waals surface area contributed by atoms with E-state index in [0.29, 0.717) is 198 Å². The van der Waals surface area contributed by atoms with Gasteiger partial charge < -0.3 is 91.7 Å². The summed E-state index contributed by atoms with van der Waals surface area (Å²) in [6.45, 7) is 28.1. The first kappa shape index (κ1) is 123. The summed E-state index contributed by atoms with van der Waals surface area (Å²) in [6, 6.07) is 25.3. The van der Waals surface area contributed by atoms with Crippen molar-refractivity contribution < 1.29 is 129 Å². The molecule has 812 valence electrons. The molecular weight excluding hydrogens is 1840 g/mol. The highest BCUT2D eigenvalue weighted by Crippen LogP contribution is 2.45. The lowest BCUT2D eigenvalue weighted by Gasteiger charge is -2.43. The Bertz CT molecular complexity index is 4080. The molecule has 4 aliphatic heterocycles. The minimum absolute atomic E-state index is 0.0000383. The molecule has 0 radical (unpaired) electrons. The van der Waals surface area contributed by atoms with Gasteiger partial charge in [0, 0.05) is 160 Å². The number of amides is 3.